The molecule has 1 saturated carbocycles. The number of likely N-dealkylation sites (tertiary alicyclic amines) is 1. The monoisotopic (exact) mass is 423 g/mol. The topological polar surface area (TPSA) is 46.6 Å². The number of rotatable bonds is 7. The maximum atomic E-state index is 6.21. The van der Waals surface area contributed by atoms with E-state index < -0.39 is 0 Å². The van der Waals surface area contributed by atoms with E-state index in [0.29, 0.717) is 12.5 Å². The van der Waals surface area contributed by atoms with Crippen LogP contribution in [0.5, 0.6) is 11.5 Å². The standard InChI is InChI=1S/C26H37N3O2/c1-26(2)17-20-24(18-9-4-5-10-18)27-21-16-23(22(30-3)15-19(21)25(20)28-26)31-14-8-13-29-11-6-7-12-29/h15-16,18,28H,4-14,17H2,1-3H3. The summed E-state index contributed by atoms with van der Waals surface area (Å²) >= 11 is 0. The summed E-state index contributed by atoms with van der Waals surface area (Å²) in [5.74, 6) is 2.22. The van der Waals surface area contributed by atoms with E-state index in [0.717, 1.165) is 41.8 Å². The lowest BCUT2D eigenvalue weighted by atomic mass is 9.92. The normalized spacial score (nSPS) is 20.9. The fourth-order valence-electron chi connectivity index (χ4n) is 5.76. The minimum atomic E-state index is 0.0592. The maximum absolute atomic E-state index is 6.21. The van der Waals surface area contributed by atoms with Gasteiger partial charge in [-0.3, -0.25) is 4.98 Å². The van der Waals surface area contributed by atoms with Crippen molar-refractivity contribution in [2.45, 2.75) is 76.7 Å². The zero-order valence-electron chi connectivity index (χ0n) is 19.4. The molecule has 0 unspecified atom stereocenters. The fraction of sp³-hybridized carbons (Fsp3) is 0.654. The van der Waals surface area contributed by atoms with E-state index in [1.165, 1.54) is 68.6 Å². The van der Waals surface area contributed by atoms with E-state index in [9.17, 15) is 0 Å². The van der Waals surface area contributed by atoms with Gasteiger partial charge in [0.05, 0.1) is 19.2 Å². The van der Waals surface area contributed by atoms with Gasteiger partial charge in [0.15, 0.2) is 11.5 Å². The van der Waals surface area contributed by atoms with Gasteiger partial charge in [-0.25, -0.2) is 0 Å². The number of nitrogens with zero attached hydrogens (tertiary/aromatic N) is 2. The Hall–Kier alpha value is -2.01. The van der Waals surface area contributed by atoms with Crippen molar-refractivity contribution in [1.29, 1.82) is 0 Å². The number of fused-ring (bicyclic) bond motifs is 3. The van der Waals surface area contributed by atoms with Crippen LogP contribution in [0.1, 0.15) is 76.0 Å². The van der Waals surface area contributed by atoms with Gasteiger partial charge in [0.2, 0.25) is 0 Å². The Morgan fingerprint density at radius 1 is 1.10 bits per heavy atom. The molecule has 0 amide bonds. The van der Waals surface area contributed by atoms with Crippen LogP contribution in [0.25, 0.3) is 10.9 Å². The van der Waals surface area contributed by atoms with Crippen LogP contribution in [0.3, 0.4) is 0 Å². The van der Waals surface area contributed by atoms with Crippen LogP contribution in [-0.2, 0) is 6.42 Å². The second kappa shape index (κ2) is 8.50. The van der Waals surface area contributed by atoms with E-state index >= 15 is 0 Å². The van der Waals surface area contributed by atoms with E-state index in [-0.39, 0.29) is 5.54 Å². The Bertz CT molecular complexity index is 944. The highest BCUT2D eigenvalue weighted by Gasteiger charge is 2.34. The van der Waals surface area contributed by atoms with Crippen molar-refractivity contribution in [3.63, 3.8) is 0 Å². The first kappa shape index (κ1) is 20.9. The predicted octanol–water partition coefficient (Wildman–Crippen LogP) is 5.51. The van der Waals surface area contributed by atoms with Gasteiger partial charge in [0.1, 0.15) is 0 Å². The van der Waals surface area contributed by atoms with Crippen LogP contribution < -0.4 is 14.8 Å². The van der Waals surface area contributed by atoms with E-state index in [1.54, 1.807) is 7.11 Å². The molecule has 1 saturated heterocycles. The lowest BCUT2D eigenvalue weighted by Gasteiger charge is -2.19. The van der Waals surface area contributed by atoms with Crippen molar-refractivity contribution < 1.29 is 9.47 Å². The molecule has 5 nitrogen and oxygen atoms in total. The average molecular weight is 424 g/mol. The number of benzene rings is 1. The second-order valence-corrected chi connectivity index (χ2v) is 10.3. The number of methoxy groups -OCH3 is 1. The maximum Gasteiger partial charge on any atom is 0.163 e. The van der Waals surface area contributed by atoms with Crippen molar-refractivity contribution in [3.8, 4) is 11.5 Å². The number of hydrogen-bond acceptors (Lipinski definition) is 5. The molecule has 5 rings (SSSR count). The zero-order valence-corrected chi connectivity index (χ0v) is 19.4. The van der Waals surface area contributed by atoms with Gasteiger partial charge >= 0.3 is 0 Å². The van der Waals surface area contributed by atoms with Crippen LogP contribution in [0.4, 0.5) is 5.69 Å². The minimum Gasteiger partial charge on any atom is -0.493 e. The van der Waals surface area contributed by atoms with Crippen LogP contribution in [-0.4, -0.2) is 48.8 Å². The number of nitrogens with one attached hydrogen (secondary N) is 1. The zero-order chi connectivity index (χ0) is 21.4. The molecule has 1 aromatic carbocycles. The first-order chi connectivity index (χ1) is 15.0. The van der Waals surface area contributed by atoms with E-state index in [2.05, 4.69) is 36.2 Å². The number of ether oxygens (including phenoxy) is 2. The summed E-state index contributed by atoms with van der Waals surface area (Å²) in [5, 5.41) is 4.95. The van der Waals surface area contributed by atoms with Crippen LogP contribution in [0.15, 0.2) is 12.1 Å². The van der Waals surface area contributed by atoms with Gasteiger partial charge in [-0.15, -0.1) is 0 Å². The summed E-state index contributed by atoms with van der Waals surface area (Å²) in [6, 6.07) is 4.24. The molecule has 2 fully saturated rings. The molecule has 1 N–H and O–H groups in total. The molecule has 0 radical (unpaired) electrons. The third-order valence-electron chi connectivity index (χ3n) is 7.30. The molecule has 0 atom stereocenters. The van der Waals surface area contributed by atoms with Crippen molar-refractivity contribution >= 4 is 16.6 Å². The van der Waals surface area contributed by atoms with Gasteiger partial charge in [0, 0.05) is 46.4 Å². The molecule has 31 heavy (non-hydrogen) atoms. The number of pyridine rings is 1. The van der Waals surface area contributed by atoms with Crippen LogP contribution >= 0.6 is 0 Å². The van der Waals surface area contributed by atoms with Crippen molar-refractivity contribution in [1.82, 2.24) is 9.88 Å². The van der Waals surface area contributed by atoms with Gasteiger partial charge in [-0.05, 0) is 71.5 Å². The molecule has 2 aromatic rings. The van der Waals surface area contributed by atoms with Gasteiger partial charge in [0.25, 0.3) is 0 Å². The Labute approximate surface area is 186 Å². The summed E-state index contributed by atoms with van der Waals surface area (Å²) in [6.45, 7) is 8.87. The third-order valence-corrected chi connectivity index (χ3v) is 7.30. The molecule has 5 heteroatoms. The van der Waals surface area contributed by atoms with Crippen molar-refractivity contribution in [3.05, 3.63) is 23.4 Å². The highest BCUT2D eigenvalue weighted by atomic mass is 16.5. The van der Waals surface area contributed by atoms with E-state index in [1.807, 2.05) is 0 Å². The van der Waals surface area contributed by atoms with Gasteiger partial charge < -0.3 is 19.7 Å². The molecular weight excluding hydrogens is 386 g/mol. The Morgan fingerprint density at radius 2 is 1.87 bits per heavy atom. The van der Waals surface area contributed by atoms with Gasteiger partial charge in [-0.1, -0.05) is 12.8 Å². The molecule has 0 spiro atoms. The lowest BCUT2D eigenvalue weighted by molar-refractivity contribution is 0.254. The summed E-state index contributed by atoms with van der Waals surface area (Å²) in [7, 11) is 1.73. The Kier molecular flexibility index (Phi) is 5.72. The predicted molar refractivity (Wildman–Crippen MR) is 127 cm³/mol. The lowest BCUT2D eigenvalue weighted by Crippen LogP contribution is -2.27. The summed E-state index contributed by atoms with van der Waals surface area (Å²) in [4.78, 5) is 7.77. The molecule has 0 bridgehead atoms. The highest BCUT2D eigenvalue weighted by molar-refractivity contribution is 5.97. The first-order valence-electron chi connectivity index (χ1n) is 12.2. The smallest absolute Gasteiger partial charge is 0.163 e. The quantitative estimate of drug-likeness (QED) is 0.595. The third kappa shape index (κ3) is 4.21. The molecule has 168 valence electrons. The summed E-state index contributed by atoms with van der Waals surface area (Å²) < 4.78 is 11.9. The highest BCUT2D eigenvalue weighted by Crippen LogP contribution is 2.46. The van der Waals surface area contributed by atoms with E-state index in [4.69, 9.17) is 14.5 Å². The molecule has 3 aliphatic rings. The fourth-order valence-corrected chi connectivity index (χ4v) is 5.76. The minimum absolute atomic E-state index is 0.0592. The second-order valence-electron chi connectivity index (χ2n) is 10.3. The van der Waals surface area contributed by atoms with Crippen molar-refractivity contribution in [2.24, 2.45) is 0 Å². The molecule has 3 heterocycles. The Balaban J connectivity index is 1.45. The van der Waals surface area contributed by atoms with Crippen LogP contribution in [0, 0.1) is 0 Å². The number of hydrogen-bond donors (Lipinski definition) is 1. The average Bonchev–Trinajstić information content (AvgIpc) is 3.50. The number of anilines is 1. The van der Waals surface area contributed by atoms with Gasteiger partial charge in [-0.2, -0.15) is 0 Å². The summed E-state index contributed by atoms with van der Waals surface area (Å²) in [6.07, 6.45) is 9.93. The SMILES string of the molecule is COc1cc2c3c(c(C4CCCC4)nc2cc1OCCCN1CCCC1)CC(C)(C)N3. The molecule has 1 aliphatic carbocycles. The Morgan fingerprint density at radius 3 is 2.61 bits per heavy atom. The largest absolute Gasteiger partial charge is 0.493 e. The molecular formula is C26H37N3O2. The first-order valence-corrected chi connectivity index (χ1v) is 12.2. The summed E-state index contributed by atoms with van der Waals surface area (Å²) in [5.41, 5.74) is 5.09. The number of aromatic nitrogens is 1. The molecule has 2 aliphatic heterocycles. The van der Waals surface area contributed by atoms with Crippen LogP contribution in [0.2, 0.25) is 0 Å². The van der Waals surface area contributed by atoms with Crippen molar-refractivity contribution in [2.75, 3.05) is 38.7 Å². The molecule has 1 aromatic heterocycles.